The molecule has 2 rings (SSSR count). The molecule has 0 saturated heterocycles. The molecule has 0 saturated carbocycles. The quantitative estimate of drug-likeness (QED) is 0.734. The number of hydrazine groups is 1. The van der Waals surface area contributed by atoms with Crippen LogP contribution in [0, 0.1) is 5.82 Å². The van der Waals surface area contributed by atoms with Gasteiger partial charge in [0, 0.05) is 10.6 Å². The first kappa shape index (κ1) is 17.4. The van der Waals surface area contributed by atoms with Crippen LogP contribution in [0.15, 0.2) is 48.5 Å². The lowest BCUT2D eigenvalue weighted by molar-refractivity contribution is -0.120. The van der Waals surface area contributed by atoms with Crippen molar-refractivity contribution in [2.24, 2.45) is 0 Å². The second-order valence-electron chi connectivity index (χ2n) is 4.68. The van der Waals surface area contributed by atoms with Crippen molar-refractivity contribution in [1.82, 2.24) is 16.2 Å². The van der Waals surface area contributed by atoms with Crippen molar-refractivity contribution < 1.29 is 18.8 Å². The van der Waals surface area contributed by atoms with Gasteiger partial charge in [-0.15, -0.1) is 0 Å². The first-order valence-corrected chi connectivity index (χ1v) is 7.22. The van der Waals surface area contributed by atoms with Gasteiger partial charge in [0.15, 0.2) is 0 Å². The van der Waals surface area contributed by atoms with Crippen LogP contribution in [0.2, 0.25) is 5.02 Å². The second kappa shape index (κ2) is 8.07. The average Bonchev–Trinajstić information content (AvgIpc) is 2.58. The smallest absolute Gasteiger partial charge is 0.269 e. The fourth-order valence-corrected chi connectivity index (χ4v) is 1.96. The van der Waals surface area contributed by atoms with Gasteiger partial charge in [-0.25, -0.2) is 4.39 Å². The fraction of sp³-hybridized carbons (Fsp3) is 0.0625. The molecule has 0 atom stereocenters. The highest BCUT2D eigenvalue weighted by molar-refractivity contribution is 6.30. The largest absolute Gasteiger partial charge is 0.343 e. The van der Waals surface area contributed by atoms with Crippen LogP contribution in [0.1, 0.15) is 20.7 Å². The van der Waals surface area contributed by atoms with E-state index in [9.17, 15) is 18.8 Å². The molecule has 24 heavy (non-hydrogen) atoms. The molecule has 2 aromatic carbocycles. The molecule has 0 fully saturated rings. The van der Waals surface area contributed by atoms with E-state index in [1.807, 2.05) is 0 Å². The summed E-state index contributed by atoms with van der Waals surface area (Å²) in [5, 5.41) is 2.63. The number of benzene rings is 2. The minimum atomic E-state index is -0.732. The van der Waals surface area contributed by atoms with E-state index in [0.29, 0.717) is 5.02 Å². The lowest BCUT2D eigenvalue weighted by Crippen LogP contribution is -2.46. The van der Waals surface area contributed by atoms with Gasteiger partial charge in [-0.1, -0.05) is 29.8 Å². The minimum Gasteiger partial charge on any atom is -0.343 e. The van der Waals surface area contributed by atoms with Gasteiger partial charge in [0.25, 0.3) is 17.7 Å². The molecule has 0 aliphatic carbocycles. The van der Waals surface area contributed by atoms with E-state index in [4.69, 9.17) is 11.6 Å². The van der Waals surface area contributed by atoms with Crippen LogP contribution in [0.25, 0.3) is 0 Å². The van der Waals surface area contributed by atoms with Crippen LogP contribution in [0.3, 0.4) is 0 Å². The van der Waals surface area contributed by atoms with Crippen LogP contribution < -0.4 is 16.2 Å². The molecule has 0 heterocycles. The molecule has 0 aromatic heterocycles. The van der Waals surface area contributed by atoms with Crippen molar-refractivity contribution in [2.45, 2.75) is 0 Å². The molecule has 3 N–H and O–H groups in total. The first-order chi connectivity index (χ1) is 11.5. The summed E-state index contributed by atoms with van der Waals surface area (Å²) in [6, 6.07) is 11.5. The Kier molecular flexibility index (Phi) is 5.86. The van der Waals surface area contributed by atoms with Gasteiger partial charge in [-0.3, -0.25) is 25.2 Å². The van der Waals surface area contributed by atoms with Gasteiger partial charge in [0.05, 0.1) is 12.1 Å². The Balaban J connectivity index is 1.80. The molecule has 0 aliphatic heterocycles. The molecule has 8 heteroatoms. The summed E-state index contributed by atoms with van der Waals surface area (Å²) in [4.78, 5) is 35.1. The zero-order valence-electron chi connectivity index (χ0n) is 12.3. The molecule has 0 bridgehead atoms. The summed E-state index contributed by atoms with van der Waals surface area (Å²) in [6.45, 7) is -0.428. The highest BCUT2D eigenvalue weighted by Crippen LogP contribution is 2.10. The maximum atomic E-state index is 13.4. The summed E-state index contributed by atoms with van der Waals surface area (Å²) < 4.78 is 13.4. The summed E-state index contributed by atoms with van der Waals surface area (Å²) in [5.41, 5.74) is 4.40. The van der Waals surface area contributed by atoms with Crippen molar-refractivity contribution in [1.29, 1.82) is 0 Å². The summed E-state index contributed by atoms with van der Waals surface area (Å²) >= 11 is 5.76. The van der Waals surface area contributed by atoms with Crippen LogP contribution in [-0.2, 0) is 4.79 Å². The van der Waals surface area contributed by atoms with E-state index < -0.39 is 30.1 Å². The molecule has 0 unspecified atom stereocenters. The molecule has 0 spiro atoms. The van der Waals surface area contributed by atoms with E-state index in [1.165, 1.54) is 30.3 Å². The molecular weight excluding hydrogens is 337 g/mol. The predicted octanol–water partition coefficient (Wildman–Crippen LogP) is 1.67. The third-order valence-corrected chi connectivity index (χ3v) is 3.17. The molecular formula is C16H13ClFN3O3. The van der Waals surface area contributed by atoms with Gasteiger partial charge >= 0.3 is 0 Å². The molecule has 2 aromatic rings. The normalized spacial score (nSPS) is 9.92. The highest BCUT2D eigenvalue weighted by Gasteiger charge is 2.12. The van der Waals surface area contributed by atoms with Crippen molar-refractivity contribution in [3.05, 3.63) is 70.5 Å². The average molecular weight is 350 g/mol. The van der Waals surface area contributed by atoms with Crippen LogP contribution >= 0.6 is 11.6 Å². The van der Waals surface area contributed by atoms with Gasteiger partial charge in [0.2, 0.25) is 0 Å². The maximum Gasteiger partial charge on any atom is 0.269 e. The molecule has 6 nitrogen and oxygen atoms in total. The lowest BCUT2D eigenvalue weighted by atomic mass is 10.2. The number of amides is 3. The third kappa shape index (κ3) is 4.79. The number of hydrogen-bond acceptors (Lipinski definition) is 3. The number of nitrogens with one attached hydrogen (secondary N) is 3. The Morgan fingerprint density at radius 3 is 2.42 bits per heavy atom. The first-order valence-electron chi connectivity index (χ1n) is 6.85. The summed E-state index contributed by atoms with van der Waals surface area (Å²) in [5.74, 6) is -2.66. The number of carbonyl (C=O) groups excluding carboxylic acids is 3. The monoisotopic (exact) mass is 349 g/mol. The standard InChI is InChI=1S/C16H13ClFN3O3/c17-11-5-3-4-10(8-11)15(23)21-20-14(22)9-19-16(24)12-6-1-2-7-13(12)18/h1-8H,9H2,(H,19,24)(H,20,22)(H,21,23). The van der Waals surface area contributed by atoms with E-state index >= 15 is 0 Å². The molecule has 0 radical (unpaired) electrons. The fourth-order valence-electron chi connectivity index (χ4n) is 1.77. The highest BCUT2D eigenvalue weighted by atomic mass is 35.5. The topological polar surface area (TPSA) is 87.3 Å². The third-order valence-electron chi connectivity index (χ3n) is 2.93. The van der Waals surface area contributed by atoms with E-state index in [1.54, 1.807) is 12.1 Å². The number of carbonyl (C=O) groups is 3. The van der Waals surface area contributed by atoms with Crippen LogP contribution in [0.5, 0.6) is 0 Å². The van der Waals surface area contributed by atoms with E-state index in [2.05, 4.69) is 16.2 Å². The van der Waals surface area contributed by atoms with Crippen LogP contribution in [0.4, 0.5) is 4.39 Å². The number of hydrogen-bond donors (Lipinski definition) is 3. The van der Waals surface area contributed by atoms with Crippen molar-refractivity contribution in [3.8, 4) is 0 Å². The number of halogens is 2. The minimum absolute atomic E-state index is 0.173. The van der Waals surface area contributed by atoms with Crippen molar-refractivity contribution in [3.63, 3.8) is 0 Å². The van der Waals surface area contributed by atoms with Gasteiger partial charge in [0.1, 0.15) is 5.82 Å². The second-order valence-corrected chi connectivity index (χ2v) is 5.11. The Hall–Kier alpha value is -2.93. The SMILES string of the molecule is O=C(CNC(=O)c1ccccc1F)NNC(=O)c1cccc(Cl)c1. The van der Waals surface area contributed by atoms with Crippen molar-refractivity contribution in [2.75, 3.05) is 6.54 Å². The Morgan fingerprint density at radius 1 is 0.958 bits per heavy atom. The number of rotatable bonds is 4. The molecule has 3 amide bonds. The van der Waals surface area contributed by atoms with Gasteiger partial charge < -0.3 is 5.32 Å². The van der Waals surface area contributed by atoms with E-state index in [-0.39, 0.29) is 11.1 Å². The van der Waals surface area contributed by atoms with E-state index in [0.717, 1.165) is 6.07 Å². The van der Waals surface area contributed by atoms with Crippen LogP contribution in [-0.4, -0.2) is 24.3 Å². The predicted molar refractivity (Wildman–Crippen MR) is 85.8 cm³/mol. The summed E-state index contributed by atoms with van der Waals surface area (Å²) in [6.07, 6.45) is 0. The zero-order valence-corrected chi connectivity index (χ0v) is 13.1. The Labute approximate surface area is 142 Å². The molecule has 0 aliphatic rings. The molecule has 124 valence electrons. The zero-order chi connectivity index (χ0) is 17.5. The van der Waals surface area contributed by atoms with Gasteiger partial charge in [-0.05, 0) is 30.3 Å². The Bertz CT molecular complexity index is 783. The van der Waals surface area contributed by atoms with Crippen molar-refractivity contribution >= 4 is 29.3 Å². The lowest BCUT2D eigenvalue weighted by Gasteiger charge is -2.09. The van der Waals surface area contributed by atoms with Gasteiger partial charge in [-0.2, -0.15) is 0 Å². The summed E-state index contributed by atoms with van der Waals surface area (Å²) in [7, 11) is 0. The Morgan fingerprint density at radius 2 is 1.71 bits per heavy atom. The maximum absolute atomic E-state index is 13.4.